The van der Waals surface area contributed by atoms with Crippen molar-refractivity contribution in [3.8, 4) is 0 Å². The van der Waals surface area contributed by atoms with Crippen molar-refractivity contribution in [3.05, 3.63) is 12.3 Å². The lowest BCUT2D eigenvalue weighted by Gasteiger charge is -2.22. The lowest BCUT2D eigenvalue weighted by Crippen LogP contribution is -2.25. The highest BCUT2D eigenvalue weighted by atomic mass is 16.5. The Morgan fingerprint density at radius 2 is 1.11 bits per heavy atom. The topological polar surface area (TPSA) is 61.8 Å². The van der Waals surface area contributed by atoms with Crippen LogP contribution in [0.2, 0.25) is 0 Å². The van der Waals surface area contributed by atoms with E-state index < -0.39 is 0 Å². The number of carbonyl (C=O) groups excluding carboxylic acids is 2. The summed E-state index contributed by atoms with van der Waals surface area (Å²) in [6.07, 6.45) is 18.9. The fourth-order valence-corrected chi connectivity index (χ4v) is 4.48. The molecule has 0 saturated carbocycles. The Hall–Kier alpha value is -1.52. The molecule has 0 bridgehead atoms. The molecule has 0 aromatic rings. The summed E-state index contributed by atoms with van der Waals surface area (Å²) in [7, 11) is 0. The van der Waals surface area contributed by atoms with Crippen LogP contribution in [-0.2, 0) is 23.8 Å². The van der Waals surface area contributed by atoms with Gasteiger partial charge in [-0.3, -0.25) is 9.59 Å². The van der Waals surface area contributed by atoms with Crippen molar-refractivity contribution in [1.82, 2.24) is 0 Å². The average Bonchev–Trinajstić information content (AvgIpc) is 2.89. The van der Waals surface area contributed by atoms with Crippen LogP contribution in [0.4, 0.5) is 0 Å². The Labute approximate surface area is 235 Å². The summed E-state index contributed by atoms with van der Waals surface area (Å²) in [6, 6.07) is 0. The highest BCUT2D eigenvalue weighted by Gasteiger charge is 2.21. The maximum atomic E-state index is 12.7. The number of rotatable bonds is 27. The van der Waals surface area contributed by atoms with E-state index in [1.807, 2.05) is 0 Å². The van der Waals surface area contributed by atoms with E-state index in [9.17, 15) is 9.59 Å². The van der Waals surface area contributed by atoms with E-state index in [-0.39, 0.29) is 30.9 Å². The minimum absolute atomic E-state index is 0.178. The molecule has 224 valence electrons. The molecule has 5 nitrogen and oxygen atoms in total. The summed E-state index contributed by atoms with van der Waals surface area (Å²) >= 11 is 0. The maximum absolute atomic E-state index is 12.7. The van der Waals surface area contributed by atoms with Gasteiger partial charge >= 0.3 is 11.9 Å². The van der Waals surface area contributed by atoms with Gasteiger partial charge in [0.15, 0.2) is 0 Å². The van der Waals surface area contributed by atoms with Gasteiger partial charge in [0.1, 0.15) is 0 Å². The number of carbonyl (C=O) groups is 2. The minimum Gasteiger partial charge on any atom is -0.498 e. The van der Waals surface area contributed by atoms with Gasteiger partial charge in [0, 0.05) is 18.8 Å². The summed E-state index contributed by atoms with van der Waals surface area (Å²) in [5.41, 5.74) is 0. The van der Waals surface area contributed by atoms with Crippen LogP contribution in [0.1, 0.15) is 150 Å². The molecule has 2 unspecified atom stereocenters. The number of allylic oxidation sites excluding steroid dienone is 1. The molecule has 5 heteroatoms. The fraction of sp³-hybridized carbons (Fsp3) is 0.879. The van der Waals surface area contributed by atoms with Gasteiger partial charge in [0.05, 0.1) is 32.0 Å². The molecule has 0 fully saturated rings. The van der Waals surface area contributed by atoms with E-state index in [4.69, 9.17) is 14.2 Å². The predicted octanol–water partition coefficient (Wildman–Crippen LogP) is 9.57. The Morgan fingerprint density at radius 3 is 1.68 bits per heavy atom. The lowest BCUT2D eigenvalue weighted by atomic mass is 9.91. The number of ether oxygens (including phenoxy) is 3. The van der Waals surface area contributed by atoms with E-state index in [0.29, 0.717) is 31.5 Å². The van der Waals surface area contributed by atoms with E-state index in [1.54, 1.807) is 0 Å². The first-order chi connectivity index (χ1) is 18.3. The standard InChI is InChI=1S/C33H62O5/c1-7-10-13-15-17-19-21-29(6)36-25-30(26-37-32(34)23-20-18-16-14-11-8-2)24-33(35)38-27-31(28(4)5)22-12-9-3/h28,30-31H,6-27H2,1-5H3. The zero-order valence-electron chi connectivity index (χ0n) is 25.8. The third-order valence-electron chi connectivity index (χ3n) is 7.33. The Kier molecular flexibility index (Phi) is 24.7. The SMILES string of the molecule is C=C(CCCCCCCC)OCC(COC(=O)CCCCCCCC)CC(=O)OCC(CCCC)C(C)C. The van der Waals surface area contributed by atoms with Crippen molar-refractivity contribution in [2.24, 2.45) is 17.8 Å². The molecule has 0 amide bonds. The molecule has 0 radical (unpaired) electrons. The van der Waals surface area contributed by atoms with Crippen molar-refractivity contribution >= 4 is 11.9 Å². The van der Waals surface area contributed by atoms with Gasteiger partial charge in [0.2, 0.25) is 0 Å². The molecule has 0 rings (SSSR count). The van der Waals surface area contributed by atoms with Gasteiger partial charge in [-0.05, 0) is 31.1 Å². The van der Waals surface area contributed by atoms with Crippen molar-refractivity contribution in [3.63, 3.8) is 0 Å². The van der Waals surface area contributed by atoms with Crippen LogP contribution in [0.3, 0.4) is 0 Å². The zero-order valence-corrected chi connectivity index (χ0v) is 25.8. The number of hydrogen-bond acceptors (Lipinski definition) is 5. The highest BCUT2D eigenvalue weighted by molar-refractivity contribution is 5.70. The van der Waals surface area contributed by atoms with E-state index in [0.717, 1.165) is 50.7 Å². The minimum atomic E-state index is -0.241. The highest BCUT2D eigenvalue weighted by Crippen LogP contribution is 2.20. The van der Waals surface area contributed by atoms with Gasteiger partial charge in [-0.2, -0.15) is 0 Å². The Balaban J connectivity index is 4.63. The van der Waals surface area contributed by atoms with E-state index in [2.05, 4.69) is 41.2 Å². The molecule has 0 aliphatic rings. The summed E-state index contributed by atoms with van der Waals surface area (Å²) in [6.45, 7) is 16.0. The van der Waals surface area contributed by atoms with E-state index >= 15 is 0 Å². The normalized spacial score (nSPS) is 12.8. The second-order valence-electron chi connectivity index (χ2n) is 11.5. The second-order valence-corrected chi connectivity index (χ2v) is 11.5. The third kappa shape index (κ3) is 22.5. The van der Waals surface area contributed by atoms with Gasteiger partial charge in [0.25, 0.3) is 0 Å². The quantitative estimate of drug-likeness (QED) is 0.0592. The maximum Gasteiger partial charge on any atom is 0.306 e. The molecule has 38 heavy (non-hydrogen) atoms. The summed E-state index contributed by atoms with van der Waals surface area (Å²) in [5.74, 6) is 0.933. The van der Waals surface area contributed by atoms with Crippen LogP contribution in [0.25, 0.3) is 0 Å². The Morgan fingerprint density at radius 1 is 0.605 bits per heavy atom. The number of esters is 2. The molecule has 2 atom stereocenters. The Bertz CT molecular complexity index is 554. The van der Waals surface area contributed by atoms with Crippen LogP contribution in [-0.4, -0.2) is 31.8 Å². The number of unbranched alkanes of at least 4 members (excludes halogenated alkanes) is 11. The van der Waals surface area contributed by atoms with Gasteiger partial charge in [-0.1, -0.05) is 118 Å². The lowest BCUT2D eigenvalue weighted by molar-refractivity contribution is -0.152. The predicted molar refractivity (Wildman–Crippen MR) is 159 cm³/mol. The fourth-order valence-electron chi connectivity index (χ4n) is 4.48. The molecule has 0 aliphatic heterocycles. The van der Waals surface area contributed by atoms with Crippen LogP contribution in [0, 0.1) is 17.8 Å². The number of hydrogen-bond donors (Lipinski definition) is 0. The summed E-state index contributed by atoms with van der Waals surface area (Å²) in [5, 5.41) is 0. The molecule has 0 N–H and O–H groups in total. The summed E-state index contributed by atoms with van der Waals surface area (Å²) < 4.78 is 17.2. The first-order valence-corrected chi connectivity index (χ1v) is 16.0. The smallest absolute Gasteiger partial charge is 0.306 e. The van der Waals surface area contributed by atoms with E-state index in [1.165, 1.54) is 57.8 Å². The monoisotopic (exact) mass is 538 g/mol. The first kappa shape index (κ1) is 36.5. The molecular weight excluding hydrogens is 476 g/mol. The van der Waals surface area contributed by atoms with Crippen LogP contribution in [0.15, 0.2) is 12.3 Å². The molecule has 0 saturated heterocycles. The van der Waals surface area contributed by atoms with Crippen molar-refractivity contribution < 1.29 is 23.8 Å². The van der Waals surface area contributed by atoms with Crippen molar-refractivity contribution in [2.75, 3.05) is 19.8 Å². The molecule has 0 aliphatic carbocycles. The molecule has 0 aromatic carbocycles. The zero-order chi connectivity index (χ0) is 28.4. The van der Waals surface area contributed by atoms with Gasteiger partial charge < -0.3 is 14.2 Å². The second kappa shape index (κ2) is 25.7. The molecule has 0 heterocycles. The van der Waals surface area contributed by atoms with Gasteiger partial charge in [-0.25, -0.2) is 0 Å². The summed E-state index contributed by atoms with van der Waals surface area (Å²) in [4.78, 5) is 25.0. The van der Waals surface area contributed by atoms with Crippen LogP contribution < -0.4 is 0 Å². The first-order valence-electron chi connectivity index (χ1n) is 16.0. The average molecular weight is 539 g/mol. The van der Waals surface area contributed by atoms with Crippen LogP contribution in [0.5, 0.6) is 0 Å². The molecule has 0 spiro atoms. The van der Waals surface area contributed by atoms with Crippen molar-refractivity contribution in [2.45, 2.75) is 150 Å². The van der Waals surface area contributed by atoms with Gasteiger partial charge in [-0.15, -0.1) is 0 Å². The largest absolute Gasteiger partial charge is 0.498 e. The third-order valence-corrected chi connectivity index (χ3v) is 7.33. The molecular formula is C33H62O5. The molecule has 0 aromatic heterocycles. The van der Waals surface area contributed by atoms with Crippen molar-refractivity contribution in [1.29, 1.82) is 0 Å². The van der Waals surface area contributed by atoms with Crippen LogP contribution >= 0.6 is 0 Å².